The van der Waals surface area contributed by atoms with Crippen molar-refractivity contribution >= 4 is 27.3 Å². The Morgan fingerprint density at radius 3 is 2.27 bits per heavy atom. The van der Waals surface area contributed by atoms with Gasteiger partial charge in [0.25, 0.3) is 0 Å². The summed E-state index contributed by atoms with van der Waals surface area (Å²) in [6.07, 6.45) is 0. The van der Waals surface area contributed by atoms with Crippen molar-refractivity contribution in [2.24, 2.45) is 0 Å². The topological polar surface area (TPSA) is 49.9 Å². The normalized spacial score (nSPS) is 15.9. The summed E-state index contributed by atoms with van der Waals surface area (Å²) in [6, 6.07) is 10.9. The summed E-state index contributed by atoms with van der Waals surface area (Å²) >= 11 is 6.12. The molecule has 1 aliphatic heterocycles. The molecule has 1 fully saturated rings. The lowest BCUT2D eigenvalue weighted by atomic mass is 10.1. The quantitative estimate of drug-likeness (QED) is 0.796. The summed E-state index contributed by atoms with van der Waals surface area (Å²) < 4.78 is 32.8. The molecule has 0 bridgehead atoms. The van der Waals surface area contributed by atoms with Gasteiger partial charge in [-0.3, -0.25) is 0 Å². The van der Waals surface area contributed by atoms with Gasteiger partial charge in [-0.2, -0.15) is 4.31 Å². The van der Waals surface area contributed by atoms with Crippen LogP contribution in [0.15, 0.2) is 41.3 Å². The summed E-state index contributed by atoms with van der Waals surface area (Å²) in [6.45, 7) is 5.99. The molecule has 140 valence electrons. The average molecular weight is 395 g/mol. The molecule has 1 aliphatic rings. The number of hydrogen-bond acceptors (Lipinski definition) is 4. The summed E-state index contributed by atoms with van der Waals surface area (Å²) in [5.74, 6) is 0.655. The van der Waals surface area contributed by atoms with Gasteiger partial charge in [0.2, 0.25) is 10.0 Å². The number of halogens is 1. The van der Waals surface area contributed by atoms with Gasteiger partial charge in [-0.1, -0.05) is 17.7 Å². The molecule has 7 heteroatoms. The van der Waals surface area contributed by atoms with Crippen LogP contribution in [0.5, 0.6) is 5.75 Å². The molecule has 0 N–H and O–H groups in total. The van der Waals surface area contributed by atoms with E-state index in [4.69, 9.17) is 16.3 Å². The monoisotopic (exact) mass is 394 g/mol. The highest BCUT2D eigenvalue weighted by Gasteiger charge is 2.30. The second-order valence-electron chi connectivity index (χ2n) is 6.45. The molecule has 0 unspecified atom stereocenters. The highest BCUT2D eigenvalue weighted by atomic mass is 35.5. The minimum atomic E-state index is -3.52. The first-order valence-electron chi connectivity index (χ1n) is 8.49. The molecule has 2 aromatic carbocycles. The number of anilines is 1. The van der Waals surface area contributed by atoms with Crippen LogP contribution < -0.4 is 9.64 Å². The first-order chi connectivity index (χ1) is 12.3. The van der Waals surface area contributed by atoms with E-state index in [2.05, 4.69) is 4.90 Å². The fraction of sp³-hybridized carbons (Fsp3) is 0.368. The molecule has 3 rings (SSSR count). The van der Waals surface area contributed by atoms with Gasteiger partial charge in [0.15, 0.2) is 0 Å². The Labute approximate surface area is 160 Å². The van der Waals surface area contributed by atoms with E-state index >= 15 is 0 Å². The second kappa shape index (κ2) is 7.47. The Kier molecular flexibility index (Phi) is 5.46. The van der Waals surface area contributed by atoms with Crippen LogP contribution >= 0.6 is 11.6 Å². The maximum Gasteiger partial charge on any atom is 0.243 e. The molecular formula is C19H23ClN2O3S. The lowest BCUT2D eigenvalue weighted by Crippen LogP contribution is -2.49. The Morgan fingerprint density at radius 2 is 1.65 bits per heavy atom. The molecule has 0 atom stereocenters. The van der Waals surface area contributed by atoms with Gasteiger partial charge in [-0.15, -0.1) is 0 Å². The summed E-state index contributed by atoms with van der Waals surface area (Å²) in [7, 11) is -1.95. The third kappa shape index (κ3) is 3.68. The van der Waals surface area contributed by atoms with Gasteiger partial charge in [-0.05, 0) is 55.3 Å². The largest absolute Gasteiger partial charge is 0.497 e. The summed E-state index contributed by atoms with van der Waals surface area (Å²) in [5, 5.41) is 0.689. The Morgan fingerprint density at radius 1 is 0.962 bits per heavy atom. The Hall–Kier alpha value is -1.76. The number of ether oxygens (including phenoxy) is 1. The standard InChI is InChI=1S/C19H23ClN2O3S/c1-14-4-5-16(20)13-18(14)21-8-10-22(11-9-21)26(23,24)19-7-6-17(25-3)12-15(19)2/h4-7,12-13H,8-11H2,1-3H3. The van der Waals surface area contributed by atoms with Crippen molar-refractivity contribution in [2.45, 2.75) is 18.7 Å². The van der Waals surface area contributed by atoms with Crippen molar-refractivity contribution in [3.05, 3.63) is 52.5 Å². The highest BCUT2D eigenvalue weighted by molar-refractivity contribution is 7.89. The van der Waals surface area contributed by atoms with Gasteiger partial charge in [0.05, 0.1) is 12.0 Å². The molecule has 2 aromatic rings. The Balaban J connectivity index is 1.78. The van der Waals surface area contributed by atoms with Crippen LogP contribution in [-0.4, -0.2) is 46.0 Å². The van der Waals surface area contributed by atoms with Gasteiger partial charge >= 0.3 is 0 Å². The molecule has 0 amide bonds. The fourth-order valence-corrected chi connectivity index (χ4v) is 5.06. The van der Waals surface area contributed by atoms with Crippen molar-refractivity contribution in [2.75, 3.05) is 38.2 Å². The highest BCUT2D eigenvalue weighted by Crippen LogP contribution is 2.28. The van der Waals surface area contributed by atoms with Crippen molar-refractivity contribution in [3.8, 4) is 5.75 Å². The third-order valence-electron chi connectivity index (χ3n) is 4.75. The lowest BCUT2D eigenvalue weighted by molar-refractivity contribution is 0.384. The van der Waals surface area contributed by atoms with Crippen molar-refractivity contribution in [1.82, 2.24) is 4.31 Å². The van der Waals surface area contributed by atoms with E-state index in [1.54, 1.807) is 36.5 Å². The van der Waals surface area contributed by atoms with Crippen molar-refractivity contribution in [3.63, 3.8) is 0 Å². The second-order valence-corrected chi connectivity index (χ2v) is 8.80. The average Bonchev–Trinajstić information content (AvgIpc) is 2.63. The van der Waals surface area contributed by atoms with E-state index in [0.29, 0.717) is 47.4 Å². The molecular weight excluding hydrogens is 372 g/mol. The number of piperazine rings is 1. The SMILES string of the molecule is COc1ccc(S(=O)(=O)N2CCN(c3cc(Cl)ccc3C)CC2)c(C)c1. The molecule has 0 aromatic heterocycles. The predicted octanol–water partition coefficient (Wildman–Crippen LogP) is 3.48. The molecule has 0 spiro atoms. The van der Waals surface area contributed by atoms with Crippen LogP contribution in [0.4, 0.5) is 5.69 Å². The first kappa shape index (κ1) is 19.0. The van der Waals surface area contributed by atoms with E-state index in [1.807, 2.05) is 25.1 Å². The van der Waals surface area contributed by atoms with Crippen LogP contribution in [-0.2, 0) is 10.0 Å². The third-order valence-corrected chi connectivity index (χ3v) is 7.04. The smallest absolute Gasteiger partial charge is 0.243 e. The molecule has 1 heterocycles. The number of aryl methyl sites for hydroxylation is 2. The van der Waals surface area contributed by atoms with Gasteiger partial charge in [0.1, 0.15) is 5.75 Å². The zero-order valence-electron chi connectivity index (χ0n) is 15.2. The Bertz CT molecular complexity index is 907. The van der Waals surface area contributed by atoms with Gasteiger partial charge in [-0.25, -0.2) is 8.42 Å². The maximum absolute atomic E-state index is 13.0. The van der Waals surface area contributed by atoms with Crippen LogP contribution in [0.1, 0.15) is 11.1 Å². The molecule has 26 heavy (non-hydrogen) atoms. The van der Waals surface area contributed by atoms with E-state index < -0.39 is 10.0 Å². The number of methoxy groups -OCH3 is 1. The van der Waals surface area contributed by atoms with E-state index in [9.17, 15) is 8.42 Å². The summed E-state index contributed by atoms with van der Waals surface area (Å²) in [4.78, 5) is 2.53. The van der Waals surface area contributed by atoms with Gasteiger partial charge in [0, 0.05) is 36.9 Å². The maximum atomic E-state index is 13.0. The number of nitrogens with zero attached hydrogens (tertiary/aromatic N) is 2. The van der Waals surface area contributed by atoms with Gasteiger partial charge < -0.3 is 9.64 Å². The minimum Gasteiger partial charge on any atom is -0.497 e. The lowest BCUT2D eigenvalue weighted by Gasteiger charge is -2.36. The minimum absolute atomic E-state index is 0.339. The zero-order valence-corrected chi connectivity index (χ0v) is 16.8. The molecule has 5 nitrogen and oxygen atoms in total. The van der Waals surface area contributed by atoms with E-state index in [0.717, 1.165) is 11.3 Å². The molecule has 0 aliphatic carbocycles. The van der Waals surface area contributed by atoms with Crippen LogP contribution in [0, 0.1) is 13.8 Å². The summed E-state index contributed by atoms with van der Waals surface area (Å²) in [5.41, 5.74) is 2.89. The van der Waals surface area contributed by atoms with Crippen molar-refractivity contribution < 1.29 is 13.2 Å². The predicted molar refractivity (Wildman–Crippen MR) is 105 cm³/mol. The van der Waals surface area contributed by atoms with Crippen LogP contribution in [0.3, 0.4) is 0 Å². The number of sulfonamides is 1. The zero-order chi connectivity index (χ0) is 18.9. The van der Waals surface area contributed by atoms with Crippen LogP contribution in [0.2, 0.25) is 5.02 Å². The number of benzene rings is 2. The number of hydrogen-bond donors (Lipinski definition) is 0. The fourth-order valence-electron chi connectivity index (χ4n) is 3.27. The van der Waals surface area contributed by atoms with Crippen LogP contribution in [0.25, 0.3) is 0 Å². The first-order valence-corrected chi connectivity index (χ1v) is 10.3. The van der Waals surface area contributed by atoms with E-state index in [-0.39, 0.29) is 0 Å². The molecule has 0 saturated carbocycles. The number of rotatable bonds is 4. The van der Waals surface area contributed by atoms with E-state index in [1.165, 1.54) is 0 Å². The molecule has 0 radical (unpaired) electrons. The van der Waals surface area contributed by atoms with Crippen molar-refractivity contribution in [1.29, 1.82) is 0 Å². The molecule has 1 saturated heterocycles.